The van der Waals surface area contributed by atoms with E-state index in [4.69, 9.17) is 9.26 Å². The van der Waals surface area contributed by atoms with Crippen molar-refractivity contribution in [3.63, 3.8) is 0 Å². The largest absolute Gasteiger partial charge is 0.381 e. The number of ether oxygens (including phenoxy) is 1. The molecule has 0 bridgehead atoms. The highest BCUT2D eigenvalue weighted by Crippen LogP contribution is 2.28. The maximum absolute atomic E-state index is 10.6. The molecule has 1 aromatic heterocycles. The Hall–Kier alpha value is -2.83. The molecular weight excluding hydrogens is 426 g/mol. The fourth-order valence-electron chi connectivity index (χ4n) is 4.37. The van der Waals surface area contributed by atoms with E-state index in [9.17, 15) is 4.79 Å². The molecule has 0 spiro atoms. The van der Waals surface area contributed by atoms with Gasteiger partial charge >= 0.3 is 0 Å². The Morgan fingerprint density at radius 3 is 2.41 bits per heavy atom. The van der Waals surface area contributed by atoms with E-state index in [-0.39, 0.29) is 11.7 Å². The first-order valence-electron chi connectivity index (χ1n) is 12.3. The molecule has 3 heterocycles. The van der Waals surface area contributed by atoms with Gasteiger partial charge < -0.3 is 14.2 Å². The van der Waals surface area contributed by atoms with E-state index in [0.29, 0.717) is 18.4 Å². The van der Waals surface area contributed by atoms with Gasteiger partial charge in [-0.15, -0.1) is 0 Å². The molecule has 2 unspecified atom stereocenters. The molecule has 2 saturated heterocycles. The number of hydrogen-bond donors (Lipinski definition) is 0. The van der Waals surface area contributed by atoms with Gasteiger partial charge in [0.1, 0.15) is 5.78 Å². The minimum absolute atomic E-state index is 0.204. The number of hydrogen-bond acceptors (Lipinski definition) is 6. The first-order chi connectivity index (χ1) is 16.6. The first kappa shape index (κ1) is 24.3. The zero-order chi connectivity index (χ0) is 23.8. The summed E-state index contributed by atoms with van der Waals surface area (Å²) in [6.07, 6.45) is 2.84. The lowest BCUT2D eigenvalue weighted by molar-refractivity contribution is -0.120. The minimum Gasteiger partial charge on any atom is -0.381 e. The monoisotopic (exact) mass is 461 g/mol. The van der Waals surface area contributed by atoms with Gasteiger partial charge in [0, 0.05) is 32.0 Å². The number of benzene rings is 2. The molecule has 0 N–H and O–H groups in total. The second-order valence-corrected chi connectivity index (χ2v) is 9.44. The van der Waals surface area contributed by atoms with E-state index >= 15 is 0 Å². The third-order valence-corrected chi connectivity index (χ3v) is 6.75. The van der Waals surface area contributed by atoms with E-state index in [1.54, 1.807) is 6.92 Å². The lowest BCUT2D eigenvalue weighted by Gasteiger charge is -2.37. The molecular formula is C28H35N3O3. The maximum Gasteiger partial charge on any atom is 0.232 e. The molecule has 0 saturated carbocycles. The van der Waals surface area contributed by atoms with Crippen LogP contribution >= 0.6 is 0 Å². The van der Waals surface area contributed by atoms with Crippen LogP contribution in [0.15, 0.2) is 65.2 Å². The summed E-state index contributed by atoms with van der Waals surface area (Å²) in [6, 6.07) is 21.0. The Labute approximate surface area is 202 Å². The van der Waals surface area contributed by atoms with Crippen molar-refractivity contribution >= 4 is 5.78 Å². The van der Waals surface area contributed by atoms with Crippen LogP contribution in [0.25, 0.3) is 0 Å². The highest BCUT2D eigenvalue weighted by Gasteiger charge is 2.32. The molecule has 2 aliphatic heterocycles. The van der Waals surface area contributed by atoms with Gasteiger partial charge in [0.2, 0.25) is 5.89 Å². The molecule has 6 heteroatoms. The number of nitrogens with zero attached hydrogens (tertiary/aromatic N) is 3. The fraction of sp³-hybridized carbons (Fsp3) is 0.464. The zero-order valence-corrected chi connectivity index (χ0v) is 20.2. The molecule has 34 heavy (non-hydrogen) atoms. The Morgan fingerprint density at radius 2 is 1.79 bits per heavy atom. The quantitative estimate of drug-likeness (QED) is 0.477. The van der Waals surface area contributed by atoms with Crippen LogP contribution in [0.1, 0.15) is 61.4 Å². The van der Waals surface area contributed by atoms with Gasteiger partial charge in [-0.25, -0.2) is 0 Å². The summed E-state index contributed by atoms with van der Waals surface area (Å²) in [7, 11) is 0. The summed E-state index contributed by atoms with van der Waals surface area (Å²) in [5, 5.41) is 4.15. The Balaban J connectivity index is 0.000000291. The van der Waals surface area contributed by atoms with Crippen LogP contribution in [0, 0.1) is 5.92 Å². The third-order valence-electron chi connectivity index (χ3n) is 6.75. The van der Waals surface area contributed by atoms with Gasteiger partial charge in [-0.05, 0) is 43.4 Å². The smallest absolute Gasteiger partial charge is 0.232 e. The average Bonchev–Trinajstić information content (AvgIpc) is 3.53. The highest BCUT2D eigenvalue weighted by molar-refractivity contribution is 5.78. The van der Waals surface area contributed by atoms with Crippen LogP contribution in [-0.2, 0) is 16.0 Å². The van der Waals surface area contributed by atoms with Crippen molar-refractivity contribution < 1.29 is 14.1 Å². The SMILES string of the molecule is CC(=O)C1CCOC1.CC(CCN1CC(c2nc(Cc3ccccc3)no2)C1)c1ccccc1. The van der Waals surface area contributed by atoms with Crippen molar-refractivity contribution in [2.45, 2.75) is 44.9 Å². The lowest BCUT2D eigenvalue weighted by atomic mass is 9.95. The highest BCUT2D eigenvalue weighted by atomic mass is 16.5. The molecule has 2 fully saturated rings. The number of carbonyl (C=O) groups excluding carboxylic acids is 1. The van der Waals surface area contributed by atoms with Crippen LogP contribution in [0.2, 0.25) is 0 Å². The third kappa shape index (κ3) is 6.84. The summed E-state index contributed by atoms with van der Waals surface area (Å²) in [6.45, 7) is 8.51. The van der Waals surface area contributed by atoms with Gasteiger partial charge in [-0.2, -0.15) is 4.98 Å². The Kier molecular flexibility index (Phi) is 8.61. The maximum atomic E-state index is 10.6. The van der Waals surface area contributed by atoms with Gasteiger partial charge in [-0.3, -0.25) is 4.79 Å². The molecule has 6 nitrogen and oxygen atoms in total. The first-order valence-corrected chi connectivity index (χ1v) is 12.3. The molecule has 0 radical (unpaired) electrons. The number of rotatable bonds is 8. The summed E-state index contributed by atoms with van der Waals surface area (Å²) < 4.78 is 10.5. The number of ketones is 1. The number of carbonyl (C=O) groups is 1. The second-order valence-electron chi connectivity index (χ2n) is 9.44. The summed E-state index contributed by atoms with van der Waals surface area (Å²) >= 11 is 0. The minimum atomic E-state index is 0.204. The van der Waals surface area contributed by atoms with E-state index in [1.165, 1.54) is 17.5 Å². The van der Waals surface area contributed by atoms with Crippen molar-refractivity contribution in [2.75, 3.05) is 32.8 Å². The lowest BCUT2D eigenvalue weighted by Crippen LogP contribution is -2.45. The zero-order valence-electron chi connectivity index (χ0n) is 20.2. The average molecular weight is 462 g/mol. The predicted molar refractivity (Wildman–Crippen MR) is 132 cm³/mol. The van der Waals surface area contributed by atoms with Gasteiger partial charge in [0.25, 0.3) is 0 Å². The Morgan fingerprint density at radius 1 is 1.09 bits per heavy atom. The molecule has 5 rings (SSSR count). The molecule has 0 amide bonds. The normalized spacial score (nSPS) is 19.2. The predicted octanol–water partition coefficient (Wildman–Crippen LogP) is 4.87. The van der Waals surface area contributed by atoms with Crippen LogP contribution < -0.4 is 0 Å². The molecule has 2 atom stereocenters. The van der Waals surface area contributed by atoms with E-state index in [0.717, 1.165) is 50.8 Å². The summed E-state index contributed by atoms with van der Waals surface area (Å²) in [4.78, 5) is 17.6. The van der Waals surface area contributed by atoms with Gasteiger partial charge in [0.05, 0.1) is 12.5 Å². The summed E-state index contributed by atoms with van der Waals surface area (Å²) in [5.41, 5.74) is 2.64. The molecule has 2 aliphatic rings. The molecule has 0 aliphatic carbocycles. The van der Waals surface area contributed by atoms with Gasteiger partial charge in [-0.1, -0.05) is 72.7 Å². The number of Topliss-reactive ketones (excluding diaryl/α,β-unsaturated/α-hetero) is 1. The Bertz CT molecular complexity index is 1010. The van der Waals surface area contributed by atoms with Crippen LogP contribution in [0.5, 0.6) is 0 Å². The van der Waals surface area contributed by atoms with Crippen LogP contribution in [0.3, 0.4) is 0 Å². The van der Waals surface area contributed by atoms with Crippen molar-refractivity contribution in [2.24, 2.45) is 5.92 Å². The van der Waals surface area contributed by atoms with Crippen molar-refractivity contribution in [1.29, 1.82) is 0 Å². The van der Waals surface area contributed by atoms with Crippen molar-refractivity contribution in [3.05, 3.63) is 83.5 Å². The van der Waals surface area contributed by atoms with Crippen LogP contribution in [0.4, 0.5) is 0 Å². The van der Waals surface area contributed by atoms with Crippen LogP contribution in [-0.4, -0.2) is 53.7 Å². The second kappa shape index (κ2) is 12.0. The number of likely N-dealkylation sites (tertiary alicyclic amines) is 1. The molecule has 2 aromatic carbocycles. The number of aromatic nitrogens is 2. The van der Waals surface area contributed by atoms with E-state index < -0.39 is 0 Å². The standard InChI is InChI=1S/C22H25N3O.C6H10O2/c1-17(19-10-6-3-7-11-19)12-13-25-15-20(16-25)22-23-21(24-26-22)14-18-8-4-2-5-9-18;1-5(7)6-2-3-8-4-6/h2-11,17,20H,12-16H2,1H3;6H,2-4H2,1H3. The fourth-order valence-corrected chi connectivity index (χ4v) is 4.37. The van der Waals surface area contributed by atoms with E-state index in [2.05, 4.69) is 64.4 Å². The van der Waals surface area contributed by atoms with E-state index in [1.807, 2.05) is 18.2 Å². The topological polar surface area (TPSA) is 68.5 Å². The van der Waals surface area contributed by atoms with Gasteiger partial charge in [0.15, 0.2) is 5.82 Å². The van der Waals surface area contributed by atoms with Crippen molar-refractivity contribution in [1.82, 2.24) is 15.0 Å². The van der Waals surface area contributed by atoms with Crippen molar-refractivity contribution in [3.8, 4) is 0 Å². The molecule has 3 aromatic rings. The summed E-state index contributed by atoms with van der Waals surface area (Å²) in [5.74, 6) is 3.03. The molecule has 180 valence electrons.